The standard InChI is InChI=1S/C18H18Cl2N6O3/c19-12-2-1-10(7-13(12)20)8-21-17-23-14-9-22-26(15(14)16(27)24-17)11-3-5-25(6-4-11)18(28)29/h1-2,7,9,11H,3-6,8H2,(H,28,29)(H2,21,23,24,27). The fourth-order valence-corrected chi connectivity index (χ4v) is 3.79. The molecule has 2 aromatic heterocycles. The van der Waals surface area contributed by atoms with Gasteiger partial charge in [0.15, 0.2) is 5.52 Å². The third-order valence-electron chi connectivity index (χ3n) is 4.98. The maximum absolute atomic E-state index is 12.7. The molecule has 1 fully saturated rings. The Hall–Kier alpha value is -2.78. The number of aromatic amines is 1. The lowest BCUT2D eigenvalue weighted by Gasteiger charge is -2.30. The van der Waals surface area contributed by atoms with E-state index in [0.29, 0.717) is 59.5 Å². The third kappa shape index (κ3) is 4.01. The number of rotatable bonds is 4. The molecule has 4 rings (SSSR count). The molecule has 1 saturated heterocycles. The van der Waals surface area contributed by atoms with Crippen LogP contribution in [0.25, 0.3) is 11.0 Å². The Bertz CT molecular complexity index is 1120. The first kappa shape index (κ1) is 19.5. The van der Waals surface area contributed by atoms with Gasteiger partial charge in [0.2, 0.25) is 5.95 Å². The molecular weight excluding hydrogens is 419 g/mol. The molecule has 1 aliphatic rings. The number of anilines is 1. The lowest BCUT2D eigenvalue weighted by molar-refractivity contribution is 0.124. The average Bonchev–Trinajstić information content (AvgIpc) is 3.13. The zero-order valence-electron chi connectivity index (χ0n) is 15.2. The topological polar surface area (TPSA) is 116 Å². The molecular formula is C18H18Cl2N6O3. The van der Waals surface area contributed by atoms with Crippen molar-refractivity contribution in [2.24, 2.45) is 0 Å². The second-order valence-electron chi connectivity index (χ2n) is 6.84. The summed E-state index contributed by atoms with van der Waals surface area (Å²) in [6, 6.07) is 5.25. The Morgan fingerprint density at radius 1 is 1.28 bits per heavy atom. The second-order valence-corrected chi connectivity index (χ2v) is 7.65. The largest absolute Gasteiger partial charge is 0.465 e. The van der Waals surface area contributed by atoms with Crippen LogP contribution in [0.4, 0.5) is 10.7 Å². The Labute approximate surface area is 175 Å². The van der Waals surface area contributed by atoms with E-state index in [1.165, 1.54) is 4.90 Å². The van der Waals surface area contributed by atoms with Gasteiger partial charge < -0.3 is 15.3 Å². The molecule has 0 spiro atoms. The van der Waals surface area contributed by atoms with Gasteiger partial charge in [0.1, 0.15) is 5.52 Å². The van der Waals surface area contributed by atoms with Crippen LogP contribution < -0.4 is 10.9 Å². The van der Waals surface area contributed by atoms with Crippen molar-refractivity contribution in [3.63, 3.8) is 0 Å². The average molecular weight is 437 g/mol. The predicted octanol–water partition coefficient (Wildman–Crippen LogP) is 3.35. The number of amides is 1. The molecule has 0 radical (unpaired) electrons. The monoisotopic (exact) mass is 436 g/mol. The zero-order valence-corrected chi connectivity index (χ0v) is 16.7. The summed E-state index contributed by atoms with van der Waals surface area (Å²) < 4.78 is 1.66. The molecule has 1 aliphatic heterocycles. The number of nitrogens with one attached hydrogen (secondary N) is 2. The van der Waals surface area contributed by atoms with Crippen LogP contribution in [-0.2, 0) is 6.54 Å². The van der Waals surface area contributed by atoms with Gasteiger partial charge >= 0.3 is 6.09 Å². The van der Waals surface area contributed by atoms with E-state index in [1.54, 1.807) is 23.0 Å². The van der Waals surface area contributed by atoms with Crippen LogP contribution in [0, 0.1) is 0 Å². The van der Waals surface area contributed by atoms with Crippen molar-refractivity contribution >= 4 is 46.3 Å². The number of halogens is 2. The minimum absolute atomic E-state index is 0.0407. The Morgan fingerprint density at radius 2 is 2.03 bits per heavy atom. The van der Waals surface area contributed by atoms with Gasteiger partial charge in [-0.15, -0.1) is 0 Å². The van der Waals surface area contributed by atoms with Crippen molar-refractivity contribution in [2.75, 3.05) is 18.4 Å². The number of H-pyrrole nitrogens is 1. The lowest BCUT2D eigenvalue weighted by Crippen LogP contribution is -2.38. The molecule has 3 N–H and O–H groups in total. The Morgan fingerprint density at radius 3 is 2.72 bits per heavy atom. The van der Waals surface area contributed by atoms with E-state index < -0.39 is 6.09 Å². The third-order valence-corrected chi connectivity index (χ3v) is 5.72. The summed E-state index contributed by atoms with van der Waals surface area (Å²) in [5.74, 6) is 0.328. The minimum Gasteiger partial charge on any atom is -0.465 e. The summed E-state index contributed by atoms with van der Waals surface area (Å²) in [7, 11) is 0. The van der Waals surface area contributed by atoms with E-state index >= 15 is 0 Å². The quantitative estimate of drug-likeness (QED) is 0.577. The number of piperidine rings is 1. The van der Waals surface area contributed by atoms with Crippen molar-refractivity contribution < 1.29 is 9.90 Å². The summed E-state index contributed by atoms with van der Waals surface area (Å²) in [5.41, 5.74) is 1.46. The molecule has 1 aromatic carbocycles. The molecule has 152 valence electrons. The highest BCUT2D eigenvalue weighted by molar-refractivity contribution is 6.42. The smallest absolute Gasteiger partial charge is 0.407 e. The molecule has 0 saturated carbocycles. The number of aromatic nitrogens is 4. The van der Waals surface area contributed by atoms with E-state index in [0.717, 1.165) is 5.56 Å². The van der Waals surface area contributed by atoms with Gasteiger partial charge in [0.05, 0.1) is 22.3 Å². The maximum atomic E-state index is 12.7. The van der Waals surface area contributed by atoms with Gasteiger partial charge in [0, 0.05) is 19.6 Å². The van der Waals surface area contributed by atoms with Crippen molar-refractivity contribution in [2.45, 2.75) is 25.4 Å². The molecule has 3 heterocycles. The van der Waals surface area contributed by atoms with Gasteiger partial charge in [-0.1, -0.05) is 29.3 Å². The highest BCUT2D eigenvalue weighted by atomic mass is 35.5. The first-order valence-electron chi connectivity index (χ1n) is 9.05. The normalized spacial score (nSPS) is 15.0. The molecule has 0 atom stereocenters. The fourth-order valence-electron chi connectivity index (χ4n) is 3.47. The van der Waals surface area contributed by atoms with Crippen LogP contribution in [-0.4, -0.2) is 48.9 Å². The van der Waals surface area contributed by atoms with Crippen LogP contribution in [0.5, 0.6) is 0 Å². The highest BCUT2D eigenvalue weighted by Gasteiger charge is 2.26. The molecule has 29 heavy (non-hydrogen) atoms. The lowest BCUT2D eigenvalue weighted by atomic mass is 10.1. The van der Waals surface area contributed by atoms with Crippen molar-refractivity contribution in [1.82, 2.24) is 24.6 Å². The molecule has 0 aliphatic carbocycles. The van der Waals surface area contributed by atoms with Crippen LogP contribution >= 0.6 is 23.2 Å². The number of nitrogens with zero attached hydrogens (tertiary/aromatic N) is 4. The summed E-state index contributed by atoms with van der Waals surface area (Å²) in [6.45, 7) is 1.24. The number of likely N-dealkylation sites (tertiary alicyclic amines) is 1. The Balaban J connectivity index is 1.52. The highest BCUT2D eigenvalue weighted by Crippen LogP contribution is 2.25. The maximum Gasteiger partial charge on any atom is 0.407 e. The van der Waals surface area contributed by atoms with E-state index in [9.17, 15) is 9.59 Å². The molecule has 11 heteroatoms. The minimum atomic E-state index is -0.925. The number of carboxylic acid groups (broad SMARTS) is 1. The van der Waals surface area contributed by atoms with Crippen LogP contribution in [0.3, 0.4) is 0 Å². The number of fused-ring (bicyclic) bond motifs is 1. The number of benzene rings is 1. The first-order valence-corrected chi connectivity index (χ1v) is 9.81. The van der Waals surface area contributed by atoms with Crippen LogP contribution in [0.15, 0.2) is 29.2 Å². The van der Waals surface area contributed by atoms with Crippen LogP contribution in [0.2, 0.25) is 10.0 Å². The molecule has 0 unspecified atom stereocenters. The second kappa shape index (κ2) is 7.92. The Kier molecular flexibility index (Phi) is 5.33. The summed E-state index contributed by atoms with van der Waals surface area (Å²) in [4.78, 5) is 32.3. The van der Waals surface area contributed by atoms with E-state index in [-0.39, 0.29) is 11.6 Å². The van der Waals surface area contributed by atoms with Gasteiger partial charge in [-0.3, -0.25) is 14.5 Å². The van der Waals surface area contributed by atoms with Crippen molar-refractivity contribution in [1.29, 1.82) is 0 Å². The van der Waals surface area contributed by atoms with E-state index in [1.807, 2.05) is 6.07 Å². The molecule has 3 aromatic rings. The summed E-state index contributed by atoms with van der Waals surface area (Å²) in [5, 5.41) is 17.4. The summed E-state index contributed by atoms with van der Waals surface area (Å²) in [6.07, 6.45) is 1.82. The fraction of sp³-hybridized carbons (Fsp3) is 0.333. The van der Waals surface area contributed by atoms with Crippen LogP contribution in [0.1, 0.15) is 24.4 Å². The van der Waals surface area contributed by atoms with Crippen molar-refractivity contribution in [3.05, 3.63) is 50.4 Å². The molecule has 9 nitrogen and oxygen atoms in total. The first-order chi connectivity index (χ1) is 13.9. The predicted molar refractivity (Wildman–Crippen MR) is 110 cm³/mol. The number of hydrogen-bond acceptors (Lipinski definition) is 5. The number of hydrogen-bond donors (Lipinski definition) is 3. The number of carbonyl (C=O) groups is 1. The van der Waals surface area contributed by atoms with E-state index in [4.69, 9.17) is 28.3 Å². The van der Waals surface area contributed by atoms with Gasteiger partial charge in [0.25, 0.3) is 5.56 Å². The van der Waals surface area contributed by atoms with Crippen molar-refractivity contribution in [3.8, 4) is 0 Å². The molecule has 1 amide bonds. The van der Waals surface area contributed by atoms with Gasteiger partial charge in [-0.25, -0.2) is 9.78 Å². The zero-order chi connectivity index (χ0) is 20.5. The van der Waals surface area contributed by atoms with Gasteiger partial charge in [-0.05, 0) is 30.5 Å². The SMILES string of the molecule is O=C(O)N1CCC(n2ncc3nc(NCc4ccc(Cl)c(Cl)c4)[nH]c(=O)c32)CC1. The van der Waals surface area contributed by atoms with E-state index in [2.05, 4.69) is 20.4 Å². The summed E-state index contributed by atoms with van der Waals surface area (Å²) >= 11 is 11.9. The van der Waals surface area contributed by atoms with Gasteiger partial charge in [-0.2, -0.15) is 5.10 Å². The molecule has 0 bridgehead atoms.